The van der Waals surface area contributed by atoms with E-state index in [0.717, 1.165) is 12.1 Å². The summed E-state index contributed by atoms with van der Waals surface area (Å²) < 4.78 is 53.7. The fraction of sp³-hybridized carbons (Fsp3) is 0.133. The first-order chi connectivity index (χ1) is 9.88. The lowest BCUT2D eigenvalue weighted by atomic mass is 10.0. The highest BCUT2D eigenvalue weighted by molar-refractivity contribution is 5.80. The van der Waals surface area contributed by atoms with E-state index in [1.54, 1.807) is 24.3 Å². The number of aryl methyl sites for hydroxylation is 1. The molecule has 2 aromatic carbocycles. The fourth-order valence-electron chi connectivity index (χ4n) is 2.35. The molecule has 1 heterocycles. The highest BCUT2D eigenvalue weighted by Gasteiger charge is 2.37. The zero-order valence-corrected chi connectivity index (χ0v) is 10.9. The summed E-state index contributed by atoms with van der Waals surface area (Å²) in [7, 11) is 0. The number of hydrogen-bond acceptors (Lipinski definition) is 1. The summed E-state index contributed by atoms with van der Waals surface area (Å²) in [4.78, 5) is 6.80. The number of H-pyrrole nitrogens is 1. The predicted octanol–water partition coefficient (Wildman–Crippen LogP) is 4.70. The van der Waals surface area contributed by atoms with Crippen LogP contribution in [0.25, 0.3) is 22.4 Å². The topological polar surface area (TPSA) is 28.7 Å². The molecule has 6 heteroatoms. The zero-order chi connectivity index (χ0) is 15.2. The van der Waals surface area contributed by atoms with Gasteiger partial charge in [-0.2, -0.15) is 13.2 Å². The molecule has 1 aromatic heterocycles. The van der Waals surface area contributed by atoms with Gasteiger partial charge in [0.1, 0.15) is 11.6 Å². The van der Waals surface area contributed by atoms with Crippen molar-refractivity contribution in [3.05, 3.63) is 53.3 Å². The molecule has 21 heavy (non-hydrogen) atoms. The van der Waals surface area contributed by atoms with Crippen molar-refractivity contribution in [3.63, 3.8) is 0 Å². The lowest BCUT2D eigenvalue weighted by Gasteiger charge is -2.14. The van der Waals surface area contributed by atoms with E-state index in [2.05, 4.69) is 9.97 Å². The number of benzene rings is 2. The first kappa shape index (κ1) is 13.6. The molecule has 0 fully saturated rings. The summed E-state index contributed by atoms with van der Waals surface area (Å²) in [6, 6.07) is 8.90. The van der Waals surface area contributed by atoms with E-state index in [1.807, 2.05) is 0 Å². The second kappa shape index (κ2) is 4.58. The van der Waals surface area contributed by atoms with Crippen molar-refractivity contribution in [2.45, 2.75) is 13.1 Å². The van der Waals surface area contributed by atoms with Gasteiger partial charge in [0.05, 0.1) is 22.2 Å². The molecular weight excluding hydrogens is 284 g/mol. The normalized spacial score (nSPS) is 12.0. The van der Waals surface area contributed by atoms with Gasteiger partial charge in [-0.3, -0.25) is 0 Å². The number of aromatic nitrogens is 2. The van der Waals surface area contributed by atoms with E-state index < -0.39 is 23.1 Å². The number of halogens is 4. The van der Waals surface area contributed by atoms with Gasteiger partial charge < -0.3 is 4.98 Å². The van der Waals surface area contributed by atoms with E-state index in [0.29, 0.717) is 11.0 Å². The number of hydrogen-bond donors (Lipinski definition) is 1. The van der Waals surface area contributed by atoms with Gasteiger partial charge in [0.25, 0.3) is 0 Å². The van der Waals surface area contributed by atoms with Gasteiger partial charge in [0, 0.05) is 0 Å². The van der Waals surface area contributed by atoms with Crippen LogP contribution < -0.4 is 0 Å². The monoisotopic (exact) mass is 294 g/mol. The number of nitrogens with zero attached hydrogens (tertiary/aromatic N) is 1. The third-order valence-corrected chi connectivity index (χ3v) is 3.27. The van der Waals surface area contributed by atoms with E-state index in [4.69, 9.17) is 0 Å². The minimum atomic E-state index is -4.65. The molecule has 108 valence electrons. The maximum Gasteiger partial charge on any atom is 0.417 e. The van der Waals surface area contributed by atoms with Crippen LogP contribution in [0.1, 0.15) is 11.1 Å². The molecule has 0 aliphatic heterocycles. The highest BCUT2D eigenvalue weighted by atomic mass is 19.4. The number of para-hydroxylation sites is 2. The number of fused-ring (bicyclic) bond motifs is 1. The smallest absolute Gasteiger partial charge is 0.338 e. The maximum atomic E-state index is 14.0. The summed E-state index contributed by atoms with van der Waals surface area (Å²) in [5.74, 6) is -1.07. The lowest BCUT2D eigenvalue weighted by Crippen LogP contribution is -2.11. The van der Waals surface area contributed by atoms with Crippen molar-refractivity contribution >= 4 is 11.0 Å². The SMILES string of the molecule is Cc1ccc(F)c(-c2nc3ccccc3[nH]2)c1C(F)(F)F. The lowest BCUT2D eigenvalue weighted by molar-refractivity contribution is -0.137. The summed E-state index contributed by atoms with van der Waals surface area (Å²) in [5, 5.41) is 0. The third-order valence-electron chi connectivity index (χ3n) is 3.27. The quantitative estimate of drug-likeness (QED) is 0.648. The molecule has 0 aliphatic carbocycles. The minimum Gasteiger partial charge on any atom is -0.338 e. The Kier molecular flexibility index (Phi) is 2.97. The number of rotatable bonds is 1. The Balaban J connectivity index is 2.33. The molecule has 1 N–H and O–H groups in total. The number of aromatic amines is 1. The molecule has 0 amide bonds. The minimum absolute atomic E-state index is 0.0423. The first-order valence-electron chi connectivity index (χ1n) is 6.19. The Labute approximate surface area is 117 Å². The van der Waals surface area contributed by atoms with Crippen molar-refractivity contribution in [1.29, 1.82) is 0 Å². The van der Waals surface area contributed by atoms with Gasteiger partial charge in [0.15, 0.2) is 0 Å². The van der Waals surface area contributed by atoms with E-state index >= 15 is 0 Å². The molecule has 0 aliphatic rings. The second-order valence-electron chi connectivity index (χ2n) is 4.71. The Morgan fingerprint density at radius 3 is 2.43 bits per heavy atom. The van der Waals surface area contributed by atoms with Crippen LogP contribution in [0.2, 0.25) is 0 Å². The molecule has 0 saturated carbocycles. The van der Waals surface area contributed by atoms with Crippen LogP contribution in [-0.4, -0.2) is 9.97 Å². The summed E-state index contributed by atoms with van der Waals surface area (Å²) in [6.07, 6.45) is -4.65. The van der Waals surface area contributed by atoms with Crippen molar-refractivity contribution in [3.8, 4) is 11.4 Å². The number of nitrogens with one attached hydrogen (secondary N) is 1. The molecule has 3 rings (SSSR count). The Bertz CT molecular complexity index is 785. The van der Waals surface area contributed by atoms with Crippen molar-refractivity contribution < 1.29 is 17.6 Å². The van der Waals surface area contributed by atoms with Gasteiger partial charge in [0.2, 0.25) is 0 Å². The Morgan fingerprint density at radius 1 is 1.05 bits per heavy atom. The molecule has 3 aromatic rings. The van der Waals surface area contributed by atoms with E-state index in [1.165, 1.54) is 6.92 Å². The standard InChI is InChI=1S/C15H10F4N2/c1-8-6-7-9(16)12(13(8)15(17,18)19)14-20-10-4-2-3-5-11(10)21-14/h2-7H,1H3,(H,20,21). The van der Waals surface area contributed by atoms with Crippen LogP contribution in [0.15, 0.2) is 36.4 Å². The summed E-state index contributed by atoms with van der Waals surface area (Å²) >= 11 is 0. The van der Waals surface area contributed by atoms with E-state index in [-0.39, 0.29) is 11.4 Å². The Hall–Kier alpha value is -2.37. The van der Waals surface area contributed by atoms with Gasteiger partial charge in [-0.25, -0.2) is 9.37 Å². The molecule has 0 bridgehead atoms. The van der Waals surface area contributed by atoms with Crippen LogP contribution in [-0.2, 0) is 6.18 Å². The largest absolute Gasteiger partial charge is 0.417 e. The highest BCUT2D eigenvalue weighted by Crippen LogP contribution is 2.40. The van der Waals surface area contributed by atoms with Crippen LogP contribution in [0, 0.1) is 12.7 Å². The van der Waals surface area contributed by atoms with Crippen molar-refractivity contribution in [1.82, 2.24) is 9.97 Å². The average Bonchev–Trinajstić information content (AvgIpc) is 2.83. The molecule has 0 atom stereocenters. The average molecular weight is 294 g/mol. The summed E-state index contributed by atoms with van der Waals surface area (Å²) in [6.45, 7) is 1.30. The van der Waals surface area contributed by atoms with Gasteiger partial charge in [-0.1, -0.05) is 18.2 Å². The van der Waals surface area contributed by atoms with Crippen LogP contribution in [0.5, 0.6) is 0 Å². The van der Waals surface area contributed by atoms with Crippen LogP contribution in [0.4, 0.5) is 17.6 Å². The molecule has 0 saturated heterocycles. The van der Waals surface area contributed by atoms with Gasteiger partial charge in [-0.05, 0) is 30.7 Å². The first-order valence-corrected chi connectivity index (χ1v) is 6.19. The van der Waals surface area contributed by atoms with Gasteiger partial charge >= 0.3 is 6.18 Å². The Morgan fingerprint density at radius 2 is 1.76 bits per heavy atom. The zero-order valence-electron chi connectivity index (χ0n) is 10.9. The summed E-state index contributed by atoms with van der Waals surface area (Å²) in [5.41, 5.74) is -0.539. The maximum absolute atomic E-state index is 14.0. The molecule has 0 spiro atoms. The number of imidazole rings is 1. The van der Waals surface area contributed by atoms with Gasteiger partial charge in [-0.15, -0.1) is 0 Å². The molecule has 0 radical (unpaired) electrons. The van der Waals surface area contributed by atoms with Crippen LogP contribution >= 0.6 is 0 Å². The molecular formula is C15H10F4N2. The van der Waals surface area contributed by atoms with Crippen LogP contribution in [0.3, 0.4) is 0 Å². The van der Waals surface area contributed by atoms with Crippen molar-refractivity contribution in [2.75, 3.05) is 0 Å². The second-order valence-corrected chi connectivity index (χ2v) is 4.71. The third kappa shape index (κ3) is 2.26. The van der Waals surface area contributed by atoms with E-state index in [9.17, 15) is 17.6 Å². The molecule has 2 nitrogen and oxygen atoms in total. The predicted molar refractivity (Wildman–Crippen MR) is 71.2 cm³/mol. The number of alkyl halides is 3. The molecule has 0 unspecified atom stereocenters. The van der Waals surface area contributed by atoms with Crippen molar-refractivity contribution in [2.24, 2.45) is 0 Å². The fourth-order valence-corrected chi connectivity index (χ4v) is 2.35.